The van der Waals surface area contributed by atoms with Crippen LogP contribution in [0.15, 0.2) is 12.1 Å². The van der Waals surface area contributed by atoms with Crippen LogP contribution in [0.5, 0.6) is 11.5 Å². The van der Waals surface area contributed by atoms with E-state index in [1.54, 1.807) is 26.4 Å². The van der Waals surface area contributed by atoms with Crippen LogP contribution in [0.2, 0.25) is 0 Å². The smallest absolute Gasteiger partial charge is 0.168 e. The van der Waals surface area contributed by atoms with Crippen molar-refractivity contribution in [2.24, 2.45) is 5.73 Å². The van der Waals surface area contributed by atoms with Gasteiger partial charge in [-0.15, -0.1) is 0 Å². The normalized spacial score (nSPS) is 18.9. The van der Waals surface area contributed by atoms with Crippen LogP contribution < -0.4 is 15.2 Å². The van der Waals surface area contributed by atoms with Crippen molar-refractivity contribution in [3.8, 4) is 11.5 Å². The lowest BCUT2D eigenvalue weighted by Crippen LogP contribution is -2.07. The molecule has 15 heavy (non-hydrogen) atoms. The Morgan fingerprint density at radius 1 is 1.27 bits per heavy atom. The van der Waals surface area contributed by atoms with Crippen molar-refractivity contribution >= 4 is 5.78 Å². The number of carbonyl (C=O) groups excluding carboxylic acids is 1. The highest BCUT2D eigenvalue weighted by Crippen LogP contribution is 2.41. The number of nitrogens with two attached hydrogens (primary N) is 1. The molecule has 2 N–H and O–H groups in total. The van der Waals surface area contributed by atoms with Gasteiger partial charge in [0.05, 0.1) is 19.8 Å². The van der Waals surface area contributed by atoms with Crippen LogP contribution >= 0.6 is 0 Å². The fraction of sp³-hybridized carbons (Fsp3) is 0.364. The number of hydrogen-bond donors (Lipinski definition) is 1. The van der Waals surface area contributed by atoms with Gasteiger partial charge in [-0.25, -0.2) is 0 Å². The highest BCUT2D eigenvalue weighted by molar-refractivity contribution is 6.04. The molecular formula is C11H13NO3. The summed E-state index contributed by atoms with van der Waals surface area (Å²) < 4.78 is 10.3. The van der Waals surface area contributed by atoms with E-state index >= 15 is 0 Å². The second-order valence-corrected chi connectivity index (χ2v) is 3.49. The fourth-order valence-electron chi connectivity index (χ4n) is 1.99. The number of benzene rings is 1. The maximum Gasteiger partial charge on any atom is 0.168 e. The molecule has 1 aromatic carbocycles. The summed E-state index contributed by atoms with van der Waals surface area (Å²) in [4.78, 5) is 11.7. The van der Waals surface area contributed by atoms with E-state index in [1.807, 2.05) is 0 Å². The second-order valence-electron chi connectivity index (χ2n) is 3.49. The minimum atomic E-state index is -0.280. The van der Waals surface area contributed by atoms with Crippen molar-refractivity contribution in [2.75, 3.05) is 14.2 Å². The number of ketones is 1. The first-order valence-electron chi connectivity index (χ1n) is 4.72. The number of methoxy groups -OCH3 is 2. The molecule has 0 heterocycles. The molecule has 0 aliphatic heterocycles. The van der Waals surface area contributed by atoms with Crippen LogP contribution in [0.4, 0.5) is 0 Å². The van der Waals surface area contributed by atoms with Gasteiger partial charge in [0.1, 0.15) is 11.5 Å². The van der Waals surface area contributed by atoms with E-state index in [-0.39, 0.29) is 11.8 Å². The van der Waals surface area contributed by atoms with Gasteiger partial charge < -0.3 is 15.2 Å². The van der Waals surface area contributed by atoms with E-state index in [0.29, 0.717) is 23.5 Å². The molecule has 1 aliphatic rings. The Morgan fingerprint density at radius 3 is 2.47 bits per heavy atom. The molecule has 1 atom stereocenters. The van der Waals surface area contributed by atoms with Crippen molar-refractivity contribution in [1.82, 2.24) is 0 Å². The molecule has 2 rings (SSSR count). The monoisotopic (exact) mass is 207 g/mol. The predicted octanol–water partition coefficient (Wildman–Crippen LogP) is 1.29. The van der Waals surface area contributed by atoms with Gasteiger partial charge in [-0.05, 0) is 12.1 Å². The number of hydrogen-bond acceptors (Lipinski definition) is 4. The number of fused-ring (bicyclic) bond motifs is 1. The minimum Gasteiger partial charge on any atom is -0.496 e. The third-order valence-electron chi connectivity index (χ3n) is 2.66. The van der Waals surface area contributed by atoms with Gasteiger partial charge in [-0.2, -0.15) is 0 Å². The predicted molar refractivity (Wildman–Crippen MR) is 55.4 cm³/mol. The third-order valence-corrected chi connectivity index (χ3v) is 2.66. The lowest BCUT2D eigenvalue weighted by Gasteiger charge is -2.12. The zero-order valence-corrected chi connectivity index (χ0v) is 8.74. The molecule has 4 nitrogen and oxygen atoms in total. The van der Waals surface area contributed by atoms with Crippen molar-refractivity contribution in [1.29, 1.82) is 0 Å². The molecule has 1 aromatic rings. The summed E-state index contributed by atoms with van der Waals surface area (Å²) >= 11 is 0. The Balaban J connectivity index is 2.67. The van der Waals surface area contributed by atoms with Gasteiger partial charge >= 0.3 is 0 Å². The molecule has 0 aromatic heterocycles. The highest BCUT2D eigenvalue weighted by Gasteiger charge is 2.32. The average Bonchev–Trinajstić information content (AvgIpc) is 2.54. The number of carbonyl (C=O) groups is 1. The zero-order valence-electron chi connectivity index (χ0n) is 8.74. The number of Topliss-reactive ketones (excluding diaryl/α,β-unsaturated/α-hetero) is 1. The van der Waals surface area contributed by atoms with Crippen LogP contribution in [0, 0.1) is 0 Å². The van der Waals surface area contributed by atoms with E-state index in [1.165, 1.54) is 0 Å². The Kier molecular flexibility index (Phi) is 2.36. The van der Waals surface area contributed by atoms with Crippen molar-refractivity contribution in [3.05, 3.63) is 23.3 Å². The molecule has 1 unspecified atom stereocenters. The largest absolute Gasteiger partial charge is 0.496 e. The van der Waals surface area contributed by atoms with Crippen molar-refractivity contribution < 1.29 is 14.3 Å². The SMILES string of the molecule is COc1ccc(OC)c2c1C(=O)CC2N. The Labute approximate surface area is 88.0 Å². The van der Waals surface area contributed by atoms with Crippen LogP contribution in [-0.4, -0.2) is 20.0 Å². The summed E-state index contributed by atoms with van der Waals surface area (Å²) in [6.07, 6.45) is 0.325. The minimum absolute atomic E-state index is 0.0215. The Bertz CT molecular complexity index is 415. The molecule has 4 heteroatoms. The quantitative estimate of drug-likeness (QED) is 0.793. The summed E-state index contributed by atoms with van der Waals surface area (Å²) in [7, 11) is 3.11. The van der Waals surface area contributed by atoms with Crippen LogP contribution in [0.3, 0.4) is 0 Å². The molecule has 0 spiro atoms. The first kappa shape index (κ1) is 9.98. The summed E-state index contributed by atoms with van der Waals surface area (Å²) in [6, 6.07) is 3.22. The third kappa shape index (κ3) is 1.37. The van der Waals surface area contributed by atoms with E-state index in [9.17, 15) is 4.79 Å². The highest BCUT2D eigenvalue weighted by atomic mass is 16.5. The van der Waals surface area contributed by atoms with Gasteiger partial charge in [-0.1, -0.05) is 0 Å². The average molecular weight is 207 g/mol. The zero-order chi connectivity index (χ0) is 11.0. The standard InChI is InChI=1S/C11H13NO3/c1-14-8-3-4-9(15-2)11-7(13)5-6(12)10(8)11/h3-4,6H,5,12H2,1-2H3. The molecule has 1 aliphatic carbocycles. The molecular weight excluding hydrogens is 194 g/mol. The van der Waals surface area contributed by atoms with Gasteiger partial charge in [0.2, 0.25) is 0 Å². The second kappa shape index (κ2) is 3.55. The van der Waals surface area contributed by atoms with Crippen LogP contribution in [-0.2, 0) is 0 Å². The Hall–Kier alpha value is -1.55. The molecule has 0 saturated carbocycles. The number of ether oxygens (including phenoxy) is 2. The molecule has 0 saturated heterocycles. The van der Waals surface area contributed by atoms with Gasteiger partial charge in [-0.3, -0.25) is 4.79 Å². The topological polar surface area (TPSA) is 61.5 Å². The van der Waals surface area contributed by atoms with Crippen LogP contribution in [0.1, 0.15) is 28.4 Å². The molecule has 80 valence electrons. The van der Waals surface area contributed by atoms with E-state index in [2.05, 4.69) is 0 Å². The summed E-state index contributed by atoms with van der Waals surface area (Å²) in [5.41, 5.74) is 7.22. The molecule has 0 radical (unpaired) electrons. The lowest BCUT2D eigenvalue weighted by atomic mass is 10.1. The first-order valence-corrected chi connectivity index (χ1v) is 4.72. The van der Waals surface area contributed by atoms with E-state index in [4.69, 9.17) is 15.2 Å². The first-order chi connectivity index (χ1) is 7.19. The van der Waals surface area contributed by atoms with E-state index < -0.39 is 0 Å². The van der Waals surface area contributed by atoms with E-state index in [0.717, 1.165) is 5.56 Å². The van der Waals surface area contributed by atoms with Crippen molar-refractivity contribution in [2.45, 2.75) is 12.5 Å². The summed E-state index contributed by atoms with van der Waals surface area (Å²) in [6.45, 7) is 0. The molecule has 0 bridgehead atoms. The Morgan fingerprint density at radius 2 is 1.87 bits per heavy atom. The van der Waals surface area contributed by atoms with Gasteiger partial charge in [0, 0.05) is 18.0 Å². The number of rotatable bonds is 2. The fourth-order valence-corrected chi connectivity index (χ4v) is 1.99. The van der Waals surface area contributed by atoms with Gasteiger partial charge in [0.15, 0.2) is 5.78 Å². The molecule has 0 fully saturated rings. The lowest BCUT2D eigenvalue weighted by molar-refractivity contribution is 0.0987. The molecule has 0 amide bonds. The maximum absolute atomic E-state index is 11.7. The summed E-state index contributed by atoms with van der Waals surface area (Å²) in [5.74, 6) is 1.25. The maximum atomic E-state index is 11.7. The van der Waals surface area contributed by atoms with Crippen LogP contribution in [0.25, 0.3) is 0 Å². The summed E-state index contributed by atoms with van der Waals surface area (Å²) in [5, 5.41) is 0. The van der Waals surface area contributed by atoms with Gasteiger partial charge in [0.25, 0.3) is 0 Å². The van der Waals surface area contributed by atoms with Crippen molar-refractivity contribution in [3.63, 3.8) is 0 Å².